The van der Waals surface area contributed by atoms with E-state index in [-0.39, 0.29) is 17.6 Å². The van der Waals surface area contributed by atoms with Gasteiger partial charge in [-0.05, 0) is 86.8 Å². The molecule has 2 N–H and O–H groups in total. The fourth-order valence-electron chi connectivity index (χ4n) is 3.24. The molecule has 0 aliphatic carbocycles. The molecular weight excluding hydrogens is 370 g/mol. The van der Waals surface area contributed by atoms with Crippen LogP contribution in [0.3, 0.4) is 0 Å². The summed E-state index contributed by atoms with van der Waals surface area (Å²) >= 11 is 5.24. The third kappa shape index (κ3) is 5.70. The predicted octanol–water partition coefficient (Wildman–Crippen LogP) is 4.19. The topological polar surface area (TPSA) is 53.6 Å². The van der Waals surface area contributed by atoms with Gasteiger partial charge in [-0.15, -0.1) is 0 Å². The number of rotatable bonds is 5. The lowest BCUT2D eigenvalue weighted by atomic mass is 10.1. The van der Waals surface area contributed by atoms with Crippen LogP contribution in [-0.2, 0) is 4.79 Å². The highest BCUT2D eigenvalue weighted by Gasteiger charge is 2.11. The van der Waals surface area contributed by atoms with E-state index in [1.807, 2.05) is 44.2 Å². The van der Waals surface area contributed by atoms with Crippen molar-refractivity contribution in [3.8, 4) is 5.75 Å². The maximum atomic E-state index is 12.1. The van der Waals surface area contributed by atoms with Crippen LogP contribution in [0, 0.1) is 13.8 Å². The van der Waals surface area contributed by atoms with E-state index in [2.05, 4.69) is 27.7 Å². The number of amides is 1. The molecule has 5 nitrogen and oxygen atoms in total. The fourth-order valence-corrected chi connectivity index (χ4v) is 3.47. The van der Waals surface area contributed by atoms with Gasteiger partial charge in [-0.1, -0.05) is 12.1 Å². The normalized spacial score (nSPS) is 13.7. The number of carbonyl (C=O) groups is 1. The lowest BCUT2D eigenvalue weighted by molar-refractivity contribution is -0.121. The second-order valence-electron chi connectivity index (χ2n) is 7.15. The third-order valence-corrected chi connectivity index (χ3v) is 5.01. The van der Waals surface area contributed by atoms with Gasteiger partial charge < -0.3 is 15.0 Å². The number of piperidine rings is 1. The molecule has 1 aliphatic rings. The molecule has 1 saturated heterocycles. The molecular formula is C22H27N3O2S. The lowest BCUT2D eigenvalue weighted by Gasteiger charge is -2.28. The maximum Gasteiger partial charge on any atom is 0.264 e. The molecule has 148 valence electrons. The average molecular weight is 398 g/mol. The van der Waals surface area contributed by atoms with Gasteiger partial charge in [-0.25, -0.2) is 0 Å². The molecule has 1 aliphatic heterocycles. The predicted molar refractivity (Wildman–Crippen MR) is 118 cm³/mol. The summed E-state index contributed by atoms with van der Waals surface area (Å²) in [6.45, 7) is 6.08. The van der Waals surface area contributed by atoms with Crippen LogP contribution in [0.4, 0.5) is 11.4 Å². The highest BCUT2D eigenvalue weighted by atomic mass is 32.1. The zero-order valence-corrected chi connectivity index (χ0v) is 17.3. The highest BCUT2D eigenvalue weighted by molar-refractivity contribution is 7.80. The Hall–Kier alpha value is -2.60. The SMILES string of the molecule is Cc1ccc(C)c(OCC(=O)NC(=S)Nc2ccc(N3CCCCC3)cc2)c1. The molecule has 2 aromatic rings. The van der Waals surface area contributed by atoms with Crippen LogP contribution in [0.2, 0.25) is 0 Å². The van der Waals surface area contributed by atoms with Gasteiger partial charge in [0.2, 0.25) is 0 Å². The van der Waals surface area contributed by atoms with Crippen LogP contribution in [0.5, 0.6) is 5.75 Å². The first-order valence-electron chi connectivity index (χ1n) is 9.67. The molecule has 0 saturated carbocycles. The number of hydrogen-bond acceptors (Lipinski definition) is 4. The van der Waals surface area contributed by atoms with Crippen molar-refractivity contribution < 1.29 is 9.53 Å². The Bertz CT molecular complexity index is 830. The van der Waals surface area contributed by atoms with Gasteiger partial charge in [0, 0.05) is 24.5 Å². The van der Waals surface area contributed by atoms with E-state index in [9.17, 15) is 4.79 Å². The molecule has 28 heavy (non-hydrogen) atoms. The number of thiocarbonyl (C=S) groups is 1. The van der Waals surface area contributed by atoms with Gasteiger partial charge in [-0.2, -0.15) is 0 Å². The fraction of sp³-hybridized carbons (Fsp3) is 0.364. The smallest absolute Gasteiger partial charge is 0.264 e. The number of hydrogen-bond donors (Lipinski definition) is 2. The zero-order chi connectivity index (χ0) is 19.9. The summed E-state index contributed by atoms with van der Waals surface area (Å²) < 4.78 is 5.61. The minimum atomic E-state index is -0.289. The standard InChI is InChI=1S/C22H27N3O2S/c1-16-6-7-17(2)20(14-16)27-15-21(26)24-22(28)23-18-8-10-19(11-9-18)25-12-4-3-5-13-25/h6-11,14H,3-5,12-13,15H2,1-2H3,(H2,23,24,26,28). The average Bonchev–Trinajstić information content (AvgIpc) is 2.70. The second kappa shape index (κ2) is 9.55. The van der Waals surface area contributed by atoms with Gasteiger partial charge in [0.25, 0.3) is 5.91 Å². The Labute approximate surface area is 172 Å². The van der Waals surface area contributed by atoms with Crippen molar-refractivity contribution in [3.05, 3.63) is 53.6 Å². The number of benzene rings is 2. The summed E-state index contributed by atoms with van der Waals surface area (Å²) in [7, 11) is 0. The minimum Gasteiger partial charge on any atom is -0.483 e. The Balaban J connectivity index is 1.46. The van der Waals surface area contributed by atoms with Crippen LogP contribution in [0.25, 0.3) is 0 Å². The second-order valence-corrected chi connectivity index (χ2v) is 7.56. The summed E-state index contributed by atoms with van der Waals surface area (Å²) in [5.74, 6) is 0.422. The zero-order valence-electron chi connectivity index (χ0n) is 16.5. The number of nitrogens with one attached hydrogen (secondary N) is 2. The maximum absolute atomic E-state index is 12.1. The van der Waals surface area contributed by atoms with E-state index in [0.717, 1.165) is 29.9 Å². The van der Waals surface area contributed by atoms with Crippen molar-refractivity contribution in [3.63, 3.8) is 0 Å². The van der Waals surface area contributed by atoms with Crippen molar-refractivity contribution in [1.29, 1.82) is 0 Å². The molecule has 0 unspecified atom stereocenters. The molecule has 0 atom stereocenters. The van der Waals surface area contributed by atoms with Crippen molar-refractivity contribution in [2.45, 2.75) is 33.1 Å². The highest BCUT2D eigenvalue weighted by Crippen LogP contribution is 2.22. The van der Waals surface area contributed by atoms with Gasteiger partial charge >= 0.3 is 0 Å². The molecule has 6 heteroatoms. The molecule has 0 bridgehead atoms. The summed E-state index contributed by atoms with van der Waals surface area (Å²) in [5, 5.41) is 5.97. The Morgan fingerprint density at radius 1 is 1.07 bits per heavy atom. The van der Waals surface area contributed by atoms with Crippen molar-refractivity contribution in [2.75, 3.05) is 29.9 Å². The summed E-state index contributed by atoms with van der Waals surface area (Å²) in [6.07, 6.45) is 3.82. The number of anilines is 2. The Kier molecular flexibility index (Phi) is 6.87. The molecule has 3 rings (SSSR count). The number of nitrogens with zero attached hydrogens (tertiary/aromatic N) is 1. The molecule has 1 fully saturated rings. The van der Waals surface area contributed by atoms with E-state index in [1.165, 1.54) is 24.9 Å². The van der Waals surface area contributed by atoms with Crippen molar-refractivity contribution >= 4 is 34.6 Å². The largest absolute Gasteiger partial charge is 0.483 e. The Morgan fingerprint density at radius 2 is 1.79 bits per heavy atom. The van der Waals surface area contributed by atoms with E-state index in [1.54, 1.807) is 0 Å². The molecule has 0 radical (unpaired) electrons. The lowest BCUT2D eigenvalue weighted by Crippen LogP contribution is -2.37. The van der Waals surface area contributed by atoms with Gasteiger partial charge in [0.1, 0.15) is 5.75 Å². The van der Waals surface area contributed by atoms with Gasteiger partial charge in [0.05, 0.1) is 0 Å². The summed E-state index contributed by atoms with van der Waals surface area (Å²) in [5.41, 5.74) is 4.16. The summed E-state index contributed by atoms with van der Waals surface area (Å²) in [6, 6.07) is 14.0. The number of aryl methyl sites for hydroxylation is 2. The molecule has 1 heterocycles. The number of ether oxygens (including phenoxy) is 1. The molecule has 1 amide bonds. The van der Waals surface area contributed by atoms with Crippen LogP contribution >= 0.6 is 12.2 Å². The van der Waals surface area contributed by atoms with Crippen LogP contribution < -0.4 is 20.3 Å². The first-order valence-corrected chi connectivity index (χ1v) is 10.1. The van der Waals surface area contributed by atoms with E-state index in [4.69, 9.17) is 17.0 Å². The monoisotopic (exact) mass is 397 g/mol. The van der Waals surface area contributed by atoms with Crippen LogP contribution in [0.1, 0.15) is 30.4 Å². The van der Waals surface area contributed by atoms with E-state index in [0.29, 0.717) is 5.75 Å². The first-order chi connectivity index (χ1) is 13.5. The third-order valence-electron chi connectivity index (χ3n) is 4.80. The quantitative estimate of drug-likeness (QED) is 0.741. The number of carbonyl (C=O) groups excluding carboxylic acids is 1. The van der Waals surface area contributed by atoms with Crippen LogP contribution in [0.15, 0.2) is 42.5 Å². The molecule has 2 aromatic carbocycles. The van der Waals surface area contributed by atoms with Crippen LogP contribution in [-0.4, -0.2) is 30.7 Å². The van der Waals surface area contributed by atoms with Crippen molar-refractivity contribution in [2.24, 2.45) is 0 Å². The minimum absolute atomic E-state index is 0.0833. The van der Waals surface area contributed by atoms with Gasteiger partial charge in [-0.3, -0.25) is 10.1 Å². The van der Waals surface area contributed by atoms with E-state index < -0.39 is 0 Å². The van der Waals surface area contributed by atoms with Gasteiger partial charge in [0.15, 0.2) is 11.7 Å². The Morgan fingerprint density at radius 3 is 2.50 bits per heavy atom. The molecule has 0 aromatic heterocycles. The van der Waals surface area contributed by atoms with E-state index >= 15 is 0 Å². The van der Waals surface area contributed by atoms with Crippen molar-refractivity contribution in [1.82, 2.24) is 5.32 Å². The first kappa shape index (κ1) is 20.1. The summed E-state index contributed by atoms with van der Waals surface area (Å²) in [4.78, 5) is 14.5. The molecule has 0 spiro atoms.